The molecule has 2 aromatic carbocycles. The summed E-state index contributed by atoms with van der Waals surface area (Å²) in [6.45, 7) is 0.750. The van der Waals surface area contributed by atoms with E-state index in [1.807, 2.05) is 60.5 Å². The summed E-state index contributed by atoms with van der Waals surface area (Å²) in [5.74, 6) is 0.305. The molecule has 0 radical (unpaired) electrons. The van der Waals surface area contributed by atoms with Gasteiger partial charge >= 0.3 is 0 Å². The maximum Gasteiger partial charge on any atom is 0.290 e. The highest BCUT2D eigenvalue weighted by Gasteiger charge is 2.25. The first-order chi connectivity index (χ1) is 16.5. The van der Waals surface area contributed by atoms with Crippen molar-refractivity contribution in [3.63, 3.8) is 0 Å². The zero-order valence-corrected chi connectivity index (χ0v) is 19.1. The van der Waals surface area contributed by atoms with Gasteiger partial charge in [-0.3, -0.25) is 19.7 Å². The van der Waals surface area contributed by atoms with Crippen LogP contribution in [0.5, 0.6) is 0 Å². The Labute approximate surface area is 200 Å². The van der Waals surface area contributed by atoms with Crippen molar-refractivity contribution in [3.8, 4) is 0 Å². The number of amides is 3. The van der Waals surface area contributed by atoms with E-state index in [1.54, 1.807) is 24.3 Å². The first-order valence-electron chi connectivity index (χ1n) is 10.5. The minimum Gasteiger partial charge on any atom is -0.352 e. The third kappa shape index (κ3) is 5.78. The van der Waals surface area contributed by atoms with Crippen molar-refractivity contribution >= 4 is 52.3 Å². The second-order valence-corrected chi connectivity index (χ2v) is 8.28. The number of carbonyl (C=O) groups excluding carboxylic acids is 3. The molecule has 1 aliphatic rings. The lowest BCUT2D eigenvalue weighted by atomic mass is 10.2. The highest BCUT2D eigenvalue weighted by atomic mass is 32.2. The average Bonchev–Trinajstić information content (AvgIpc) is 3.18. The van der Waals surface area contributed by atoms with Crippen molar-refractivity contribution in [1.82, 2.24) is 20.6 Å². The van der Waals surface area contributed by atoms with Crippen LogP contribution in [0.25, 0.3) is 6.08 Å². The van der Waals surface area contributed by atoms with E-state index < -0.39 is 11.1 Å². The number of aromatic nitrogens is 2. The van der Waals surface area contributed by atoms with Crippen LogP contribution in [-0.4, -0.2) is 47.2 Å². The zero-order chi connectivity index (χ0) is 23.9. The molecule has 1 fully saturated rings. The van der Waals surface area contributed by atoms with E-state index in [0.29, 0.717) is 36.1 Å². The molecule has 10 heteroatoms. The number of hydrogen-bond acceptors (Lipinski definition) is 8. The molecule has 9 nitrogen and oxygen atoms in total. The summed E-state index contributed by atoms with van der Waals surface area (Å²) in [5.41, 5.74) is 1.97. The summed E-state index contributed by atoms with van der Waals surface area (Å²) in [5, 5.41) is 7.78. The van der Waals surface area contributed by atoms with Crippen molar-refractivity contribution < 1.29 is 14.4 Å². The lowest BCUT2D eigenvalue weighted by molar-refractivity contribution is -0.115. The number of rotatable bonds is 8. The first-order valence-corrected chi connectivity index (χ1v) is 11.3. The Balaban J connectivity index is 1.51. The van der Waals surface area contributed by atoms with Crippen LogP contribution >= 0.6 is 11.8 Å². The summed E-state index contributed by atoms with van der Waals surface area (Å²) in [4.78, 5) is 46.9. The normalized spacial score (nSPS) is 14.1. The minimum atomic E-state index is -0.454. The van der Waals surface area contributed by atoms with Crippen LogP contribution in [0, 0.1) is 0 Å². The maximum absolute atomic E-state index is 12.2. The smallest absolute Gasteiger partial charge is 0.290 e. The topological polar surface area (TPSA) is 116 Å². The van der Waals surface area contributed by atoms with Crippen LogP contribution in [0.1, 0.15) is 16.1 Å². The lowest BCUT2D eigenvalue weighted by Crippen LogP contribution is -2.29. The van der Waals surface area contributed by atoms with Gasteiger partial charge in [-0.25, -0.2) is 4.98 Å². The van der Waals surface area contributed by atoms with Crippen molar-refractivity contribution in [3.05, 3.63) is 82.9 Å². The van der Waals surface area contributed by atoms with E-state index in [2.05, 4.69) is 25.9 Å². The molecule has 172 valence electrons. The molecule has 0 atom stereocenters. The van der Waals surface area contributed by atoms with E-state index in [9.17, 15) is 14.4 Å². The quantitative estimate of drug-likeness (QED) is 0.336. The van der Waals surface area contributed by atoms with E-state index in [4.69, 9.17) is 0 Å². The molecule has 0 bridgehead atoms. The monoisotopic (exact) mass is 474 g/mol. The predicted octanol–water partition coefficient (Wildman–Crippen LogP) is 3.41. The third-order valence-electron chi connectivity index (χ3n) is 4.87. The Morgan fingerprint density at radius 1 is 1.03 bits per heavy atom. The second kappa shape index (κ2) is 10.6. The number of hydrogen-bond donors (Lipinski definition) is 3. The highest BCUT2D eigenvalue weighted by molar-refractivity contribution is 8.18. The fourth-order valence-corrected chi connectivity index (χ4v) is 3.83. The number of anilines is 3. The molecule has 0 saturated carbocycles. The van der Waals surface area contributed by atoms with Crippen molar-refractivity contribution in [2.24, 2.45) is 0 Å². The summed E-state index contributed by atoms with van der Waals surface area (Å²) in [6.07, 6.45) is 1.55. The van der Waals surface area contributed by atoms with Gasteiger partial charge in [0.1, 0.15) is 5.82 Å². The van der Waals surface area contributed by atoms with Crippen LogP contribution in [-0.2, 0) is 4.79 Å². The first kappa shape index (κ1) is 23.0. The highest BCUT2D eigenvalue weighted by Crippen LogP contribution is 2.28. The van der Waals surface area contributed by atoms with Crippen molar-refractivity contribution in [1.29, 1.82) is 0 Å². The largest absolute Gasteiger partial charge is 0.352 e. The van der Waals surface area contributed by atoms with Crippen LogP contribution in [0.4, 0.5) is 22.2 Å². The van der Waals surface area contributed by atoms with E-state index in [1.165, 1.54) is 0 Å². The number of imide groups is 1. The Morgan fingerprint density at radius 3 is 2.41 bits per heavy atom. The number of nitrogens with one attached hydrogen (secondary N) is 3. The Bertz CT molecular complexity index is 1230. The summed E-state index contributed by atoms with van der Waals surface area (Å²) < 4.78 is 0. The summed E-state index contributed by atoms with van der Waals surface area (Å²) in [7, 11) is 1.87. The summed E-state index contributed by atoms with van der Waals surface area (Å²) in [6, 6.07) is 20.4. The van der Waals surface area contributed by atoms with Crippen molar-refractivity contribution in [2.75, 3.05) is 30.4 Å². The molecule has 1 aromatic heterocycles. The van der Waals surface area contributed by atoms with Crippen LogP contribution in [0.2, 0.25) is 0 Å². The molecular weight excluding hydrogens is 452 g/mol. The number of benzene rings is 2. The van der Waals surface area contributed by atoms with Crippen molar-refractivity contribution in [2.45, 2.75) is 0 Å². The average molecular weight is 475 g/mol. The van der Waals surface area contributed by atoms with Gasteiger partial charge in [-0.1, -0.05) is 36.4 Å². The van der Waals surface area contributed by atoms with Gasteiger partial charge < -0.3 is 15.5 Å². The molecule has 34 heavy (non-hydrogen) atoms. The van der Waals surface area contributed by atoms with Crippen LogP contribution < -0.4 is 20.9 Å². The SMILES string of the molecule is CN(c1ccccc1)c1cc(/C=C2/SC(=O)NC2=O)nc(NCCNC(=O)c2ccccc2)n1. The van der Waals surface area contributed by atoms with E-state index in [0.717, 1.165) is 17.4 Å². The predicted molar refractivity (Wildman–Crippen MR) is 133 cm³/mol. The van der Waals surface area contributed by atoms with Gasteiger partial charge in [0.15, 0.2) is 0 Å². The molecule has 3 aromatic rings. The number of carbonyl (C=O) groups is 3. The third-order valence-corrected chi connectivity index (χ3v) is 5.68. The number of para-hydroxylation sites is 1. The van der Waals surface area contributed by atoms with Gasteiger partial charge in [0, 0.05) is 37.5 Å². The lowest BCUT2D eigenvalue weighted by Gasteiger charge is -2.19. The molecule has 1 aliphatic heterocycles. The molecule has 2 heterocycles. The fourth-order valence-electron chi connectivity index (χ4n) is 3.16. The summed E-state index contributed by atoms with van der Waals surface area (Å²) >= 11 is 0.827. The van der Waals surface area contributed by atoms with Gasteiger partial charge in [0.2, 0.25) is 5.95 Å². The Morgan fingerprint density at radius 2 is 1.74 bits per heavy atom. The van der Waals surface area contributed by atoms with Crippen LogP contribution in [0.15, 0.2) is 71.6 Å². The molecule has 0 unspecified atom stereocenters. The number of thioether (sulfide) groups is 1. The Kier molecular flexibility index (Phi) is 7.19. The minimum absolute atomic E-state index is 0.166. The van der Waals surface area contributed by atoms with Gasteiger partial charge in [-0.05, 0) is 42.1 Å². The molecule has 4 rings (SSSR count). The fraction of sp³-hybridized carbons (Fsp3) is 0.125. The maximum atomic E-state index is 12.2. The zero-order valence-electron chi connectivity index (χ0n) is 18.3. The molecule has 3 amide bonds. The number of nitrogens with zero attached hydrogens (tertiary/aromatic N) is 3. The van der Waals surface area contributed by atoms with Gasteiger partial charge in [0.25, 0.3) is 17.1 Å². The van der Waals surface area contributed by atoms with Gasteiger partial charge in [0.05, 0.1) is 10.6 Å². The van der Waals surface area contributed by atoms with Gasteiger partial charge in [-0.2, -0.15) is 4.98 Å². The van der Waals surface area contributed by atoms with E-state index >= 15 is 0 Å². The molecule has 3 N–H and O–H groups in total. The molecular formula is C24H22N6O3S. The van der Waals surface area contributed by atoms with E-state index in [-0.39, 0.29) is 10.8 Å². The molecule has 1 saturated heterocycles. The van der Waals surface area contributed by atoms with Gasteiger partial charge in [-0.15, -0.1) is 0 Å². The second-order valence-electron chi connectivity index (χ2n) is 7.27. The molecule has 0 aliphatic carbocycles. The molecule has 0 spiro atoms. The Hall–Kier alpha value is -4.18. The standard InChI is InChI=1S/C24H22N6O3S/c1-30(18-10-6-3-7-11-18)20-15-17(14-19-22(32)29-24(33)34-19)27-23(28-20)26-13-12-25-21(31)16-8-4-2-5-9-16/h2-11,14-15H,12-13H2,1H3,(H,25,31)(H,26,27,28)(H,29,32,33)/b19-14+. The van der Waals surface area contributed by atoms with Crippen LogP contribution in [0.3, 0.4) is 0 Å².